The molecule has 2 aromatic rings. The van der Waals surface area contributed by atoms with Gasteiger partial charge in [-0.1, -0.05) is 6.07 Å². The first-order chi connectivity index (χ1) is 9.65. The summed E-state index contributed by atoms with van der Waals surface area (Å²) in [5, 5.41) is 2.82. The summed E-state index contributed by atoms with van der Waals surface area (Å²) in [6, 6.07) is 4.91. The number of benzene rings is 1. The predicted molar refractivity (Wildman–Crippen MR) is 69.9 cm³/mol. The molecule has 0 radical (unpaired) electrons. The normalized spacial score (nSPS) is 17.6. The van der Waals surface area contributed by atoms with Crippen molar-refractivity contribution in [3.63, 3.8) is 0 Å². The Kier molecular flexibility index (Phi) is 3.34. The third kappa shape index (κ3) is 2.35. The van der Waals surface area contributed by atoms with Crippen molar-refractivity contribution < 1.29 is 13.2 Å². The molecular formula is C15H13F3N2. The minimum Gasteiger partial charge on any atom is -0.372 e. The van der Waals surface area contributed by atoms with Crippen molar-refractivity contribution in [2.45, 2.75) is 25.3 Å². The summed E-state index contributed by atoms with van der Waals surface area (Å²) in [4.78, 5) is 4.29. The molecule has 0 bridgehead atoms. The summed E-state index contributed by atoms with van der Waals surface area (Å²) in [6.07, 6.45) is 4.23. The average molecular weight is 278 g/mol. The van der Waals surface area contributed by atoms with Gasteiger partial charge < -0.3 is 5.32 Å². The van der Waals surface area contributed by atoms with Crippen LogP contribution >= 0.6 is 0 Å². The van der Waals surface area contributed by atoms with Crippen LogP contribution < -0.4 is 5.32 Å². The van der Waals surface area contributed by atoms with Gasteiger partial charge in [-0.15, -0.1) is 0 Å². The van der Waals surface area contributed by atoms with E-state index in [2.05, 4.69) is 10.3 Å². The second kappa shape index (κ2) is 5.15. The zero-order valence-corrected chi connectivity index (χ0v) is 10.7. The standard InChI is InChI=1S/C15H13F3N2/c16-10-7-11(17)15(12(18)8-10)20-13-5-1-3-9-4-2-6-19-14(9)13/h2,4,6-8,13,20H,1,3,5H2. The topological polar surface area (TPSA) is 24.9 Å². The number of pyridine rings is 1. The van der Waals surface area contributed by atoms with Crippen LogP contribution in [-0.2, 0) is 6.42 Å². The van der Waals surface area contributed by atoms with Crippen molar-refractivity contribution in [2.24, 2.45) is 0 Å². The van der Waals surface area contributed by atoms with Crippen LogP contribution in [-0.4, -0.2) is 4.98 Å². The summed E-state index contributed by atoms with van der Waals surface area (Å²) < 4.78 is 40.3. The fourth-order valence-corrected chi connectivity index (χ4v) is 2.60. The van der Waals surface area contributed by atoms with Crippen molar-refractivity contribution in [3.05, 3.63) is 59.2 Å². The number of anilines is 1. The first-order valence-electron chi connectivity index (χ1n) is 6.50. The summed E-state index contributed by atoms with van der Waals surface area (Å²) in [5.41, 5.74) is 1.59. The third-order valence-electron chi connectivity index (χ3n) is 3.52. The first kappa shape index (κ1) is 13.0. The van der Waals surface area contributed by atoms with Crippen LogP contribution in [0.4, 0.5) is 18.9 Å². The fraction of sp³-hybridized carbons (Fsp3) is 0.267. The van der Waals surface area contributed by atoms with Crippen LogP contribution in [0.25, 0.3) is 0 Å². The SMILES string of the molecule is Fc1cc(F)c(NC2CCCc3cccnc32)c(F)c1. The van der Waals surface area contributed by atoms with Gasteiger partial charge in [0.25, 0.3) is 0 Å². The second-order valence-corrected chi connectivity index (χ2v) is 4.88. The Balaban J connectivity index is 1.94. The summed E-state index contributed by atoms with van der Waals surface area (Å²) in [5.74, 6) is -2.77. The molecular weight excluding hydrogens is 265 g/mol. The molecule has 104 valence electrons. The van der Waals surface area contributed by atoms with Crippen LogP contribution in [0.2, 0.25) is 0 Å². The molecule has 3 rings (SSSR count). The molecule has 0 spiro atoms. The Morgan fingerprint density at radius 2 is 1.90 bits per heavy atom. The molecule has 1 aliphatic carbocycles. The fourth-order valence-electron chi connectivity index (χ4n) is 2.60. The molecule has 1 atom stereocenters. The highest BCUT2D eigenvalue weighted by Gasteiger charge is 2.23. The largest absolute Gasteiger partial charge is 0.372 e. The van der Waals surface area contributed by atoms with Gasteiger partial charge in [0.1, 0.15) is 11.5 Å². The Morgan fingerprint density at radius 1 is 1.15 bits per heavy atom. The van der Waals surface area contributed by atoms with E-state index in [1.165, 1.54) is 0 Å². The van der Waals surface area contributed by atoms with Crippen LogP contribution in [0.3, 0.4) is 0 Å². The van der Waals surface area contributed by atoms with Crippen molar-refractivity contribution in [2.75, 3.05) is 5.32 Å². The number of fused-ring (bicyclic) bond motifs is 1. The van der Waals surface area contributed by atoms with Gasteiger partial charge in [-0.2, -0.15) is 0 Å². The Labute approximate surface area is 114 Å². The van der Waals surface area contributed by atoms with Crippen LogP contribution in [0.1, 0.15) is 30.1 Å². The van der Waals surface area contributed by atoms with E-state index in [4.69, 9.17) is 0 Å². The van der Waals surface area contributed by atoms with Crippen molar-refractivity contribution in [1.29, 1.82) is 0 Å². The quantitative estimate of drug-likeness (QED) is 0.898. The van der Waals surface area contributed by atoms with E-state index in [0.29, 0.717) is 12.1 Å². The highest BCUT2D eigenvalue weighted by molar-refractivity contribution is 5.49. The highest BCUT2D eigenvalue weighted by atomic mass is 19.1. The smallest absolute Gasteiger partial charge is 0.152 e. The monoisotopic (exact) mass is 278 g/mol. The average Bonchev–Trinajstić information content (AvgIpc) is 2.43. The molecule has 1 N–H and O–H groups in total. The molecule has 1 aliphatic rings. The number of halogens is 3. The maximum Gasteiger partial charge on any atom is 0.152 e. The maximum atomic E-state index is 13.7. The molecule has 1 aromatic heterocycles. The van der Waals surface area contributed by atoms with Gasteiger partial charge in [-0.05, 0) is 30.9 Å². The van der Waals surface area contributed by atoms with Crippen LogP contribution in [0.5, 0.6) is 0 Å². The van der Waals surface area contributed by atoms with Gasteiger partial charge in [0.05, 0.1) is 11.7 Å². The molecule has 20 heavy (non-hydrogen) atoms. The Morgan fingerprint density at radius 3 is 2.65 bits per heavy atom. The molecule has 0 saturated heterocycles. The number of nitrogens with zero attached hydrogens (tertiary/aromatic N) is 1. The molecule has 1 unspecified atom stereocenters. The zero-order valence-electron chi connectivity index (χ0n) is 10.7. The number of nitrogens with one attached hydrogen (secondary N) is 1. The number of aryl methyl sites for hydroxylation is 1. The van der Waals surface area contributed by atoms with Gasteiger partial charge >= 0.3 is 0 Å². The summed E-state index contributed by atoms with van der Waals surface area (Å²) in [7, 11) is 0. The minimum absolute atomic E-state index is 0.255. The first-order valence-corrected chi connectivity index (χ1v) is 6.50. The Hall–Kier alpha value is -2.04. The van der Waals surface area contributed by atoms with Crippen molar-refractivity contribution in [3.8, 4) is 0 Å². The highest BCUT2D eigenvalue weighted by Crippen LogP contribution is 2.32. The maximum absolute atomic E-state index is 13.7. The van der Waals surface area contributed by atoms with Gasteiger partial charge in [0, 0.05) is 18.3 Å². The molecule has 0 saturated carbocycles. The van der Waals surface area contributed by atoms with Gasteiger partial charge in [-0.3, -0.25) is 4.98 Å². The molecule has 2 nitrogen and oxygen atoms in total. The van der Waals surface area contributed by atoms with Crippen LogP contribution in [0.15, 0.2) is 30.5 Å². The van der Waals surface area contributed by atoms with Crippen LogP contribution in [0, 0.1) is 17.5 Å². The van der Waals surface area contributed by atoms with E-state index in [1.54, 1.807) is 6.20 Å². The lowest BCUT2D eigenvalue weighted by Gasteiger charge is -2.26. The summed E-state index contributed by atoms with van der Waals surface area (Å²) >= 11 is 0. The molecule has 1 aromatic carbocycles. The molecule has 0 aliphatic heterocycles. The zero-order chi connectivity index (χ0) is 14.1. The number of rotatable bonds is 2. The van der Waals surface area contributed by atoms with Crippen molar-refractivity contribution in [1.82, 2.24) is 4.98 Å². The predicted octanol–water partition coefficient (Wildman–Crippen LogP) is 3.99. The third-order valence-corrected chi connectivity index (χ3v) is 3.52. The van der Waals surface area contributed by atoms with E-state index < -0.39 is 17.5 Å². The number of hydrogen-bond donors (Lipinski definition) is 1. The molecule has 0 fully saturated rings. The van der Waals surface area contributed by atoms with E-state index >= 15 is 0 Å². The second-order valence-electron chi connectivity index (χ2n) is 4.88. The molecule has 5 heteroatoms. The minimum atomic E-state index is -0.925. The lowest BCUT2D eigenvalue weighted by molar-refractivity contribution is 0.533. The lowest BCUT2D eigenvalue weighted by atomic mass is 9.91. The number of aromatic nitrogens is 1. The Bertz CT molecular complexity index is 620. The lowest BCUT2D eigenvalue weighted by Crippen LogP contribution is -2.20. The van der Waals surface area contributed by atoms with Gasteiger partial charge in [-0.25, -0.2) is 13.2 Å². The van der Waals surface area contributed by atoms with Crippen molar-refractivity contribution >= 4 is 5.69 Å². The van der Waals surface area contributed by atoms with E-state index in [0.717, 1.165) is 30.5 Å². The summed E-state index contributed by atoms with van der Waals surface area (Å²) in [6.45, 7) is 0. The van der Waals surface area contributed by atoms with Gasteiger partial charge in [0.2, 0.25) is 0 Å². The van der Waals surface area contributed by atoms with E-state index in [1.807, 2.05) is 12.1 Å². The van der Waals surface area contributed by atoms with E-state index in [-0.39, 0.29) is 11.7 Å². The molecule has 1 heterocycles. The van der Waals surface area contributed by atoms with Gasteiger partial charge in [0.15, 0.2) is 11.6 Å². The number of hydrogen-bond acceptors (Lipinski definition) is 2. The molecule has 0 amide bonds. The van der Waals surface area contributed by atoms with E-state index in [9.17, 15) is 13.2 Å².